The highest BCUT2D eigenvalue weighted by atomic mass is 16.5. The van der Waals surface area contributed by atoms with Crippen LogP contribution in [0.15, 0.2) is 29.4 Å². The number of rotatable bonds is 7. The summed E-state index contributed by atoms with van der Waals surface area (Å²) >= 11 is 0. The molecule has 1 atom stereocenters. The highest BCUT2D eigenvalue weighted by Gasteiger charge is 2.36. The molecule has 6 heteroatoms. The van der Waals surface area contributed by atoms with Crippen LogP contribution in [0.3, 0.4) is 0 Å². The van der Waals surface area contributed by atoms with Crippen molar-refractivity contribution in [2.45, 2.75) is 26.7 Å². The number of carbonyl (C=O) groups excluding carboxylic acids is 1. The molecule has 1 rings (SSSR count). The zero-order chi connectivity index (χ0) is 15.9. The molecule has 0 aliphatic rings. The molecule has 0 aromatic heterocycles. The standard InChI is InChI=1S/C15H23N3O3/c1-4-15(2,13(16)18-20)14(19)17-10-9-11-7-5-6-8-12(11)21-3/h5-8,20H,4,9-10H2,1-3H3,(H2,16,18)(H,17,19). The molecule has 6 nitrogen and oxygen atoms in total. The lowest BCUT2D eigenvalue weighted by Gasteiger charge is -2.25. The molecule has 1 aromatic rings. The molecule has 0 bridgehead atoms. The summed E-state index contributed by atoms with van der Waals surface area (Å²) in [4.78, 5) is 12.2. The molecule has 21 heavy (non-hydrogen) atoms. The first-order valence-electron chi connectivity index (χ1n) is 6.87. The molecule has 1 amide bonds. The Morgan fingerprint density at radius 1 is 1.48 bits per heavy atom. The van der Waals surface area contributed by atoms with E-state index in [0.717, 1.165) is 11.3 Å². The number of hydrogen-bond donors (Lipinski definition) is 3. The fourth-order valence-corrected chi connectivity index (χ4v) is 1.98. The van der Waals surface area contributed by atoms with E-state index in [-0.39, 0.29) is 11.7 Å². The Kier molecular flexibility index (Phi) is 6.02. The van der Waals surface area contributed by atoms with Crippen molar-refractivity contribution in [1.29, 1.82) is 0 Å². The summed E-state index contributed by atoms with van der Waals surface area (Å²) in [5.74, 6) is 0.455. The van der Waals surface area contributed by atoms with Crippen LogP contribution in [-0.4, -0.2) is 30.6 Å². The van der Waals surface area contributed by atoms with Gasteiger partial charge in [-0.05, 0) is 31.4 Å². The van der Waals surface area contributed by atoms with Crippen LogP contribution >= 0.6 is 0 Å². The van der Waals surface area contributed by atoms with E-state index in [4.69, 9.17) is 15.7 Å². The van der Waals surface area contributed by atoms with Crippen LogP contribution in [0.1, 0.15) is 25.8 Å². The number of nitrogens with two attached hydrogens (primary N) is 1. The van der Waals surface area contributed by atoms with Gasteiger partial charge in [0.15, 0.2) is 5.84 Å². The third-order valence-corrected chi connectivity index (χ3v) is 3.75. The molecular weight excluding hydrogens is 270 g/mol. The van der Waals surface area contributed by atoms with Gasteiger partial charge in [-0.25, -0.2) is 0 Å². The van der Waals surface area contributed by atoms with Gasteiger partial charge in [-0.15, -0.1) is 0 Å². The topological polar surface area (TPSA) is 96.9 Å². The summed E-state index contributed by atoms with van der Waals surface area (Å²) < 4.78 is 5.26. The van der Waals surface area contributed by atoms with E-state index < -0.39 is 5.41 Å². The third kappa shape index (κ3) is 3.87. The van der Waals surface area contributed by atoms with Crippen LogP contribution in [0.2, 0.25) is 0 Å². The summed E-state index contributed by atoms with van der Waals surface area (Å²) in [6.07, 6.45) is 1.09. The number of carbonyl (C=O) groups is 1. The predicted molar refractivity (Wildman–Crippen MR) is 81.5 cm³/mol. The smallest absolute Gasteiger partial charge is 0.233 e. The fourth-order valence-electron chi connectivity index (χ4n) is 1.98. The second-order valence-electron chi connectivity index (χ2n) is 4.99. The van der Waals surface area contributed by atoms with Gasteiger partial charge >= 0.3 is 0 Å². The Morgan fingerprint density at radius 2 is 2.14 bits per heavy atom. The number of benzene rings is 1. The Morgan fingerprint density at radius 3 is 2.71 bits per heavy atom. The van der Waals surface area contributed by atoms with E-state index in [2.05, 4.69) is 10.5 Å². The van der Waals surface area contributed by atoms with Gasteiger partial charge in [0.1, 0.15) is 11.2 Å². The molecular formula is C15H23N3O3. The summed E-state index contributed by atoms with van der Waals surface area (Å²) in [6, 6.07) is 7.65. The maximum Gasteiger partial charge on any atom is 0.233 e. The number of amides is 1. The lowest BCUT2D eigenvalue weighted by molar-refractivity contribution is -0.127. The highest BCUT2D eigenvalue weighted by Crippen LogP contribution is 2.22. The average Bonchev–Trinajstić information content (AvgIpc) is 2.53. The molecule has 0 saturated carbocycles. The van der Waals surface area contributed by atoms with Crippen molar-refractivity contribution in [1.82, 2.24) is 5.32 Å². The SMILES string of the molecule is CCC(C)(C(=O)NCCc1ccccc1OC)/C(N)=N/O. The summed E-state index contributed by atoms with van der Waals surface area (Å²) in [5, 5.41) is 14.6. The van der Waals surface area contributed by atoms with E-state index in [1.165, 1.54) is 0 Å². The Bertz CT molecular complexity index is 517. The van der Waals surface area contributed by atoms with E-state index >= 15 is 0 Å². The molecule has 1 aromatic carbocycles. The number of para-hydroxylation sites is 1. The molecule has 0 aliphatic heterocycles. The molecule has 0 heterocycles. The van der Waals surface area contributed by atoms with Crippen molar-refractivity contribution in [2.75, 3.05) is 13.7 Å². The van der Waals surface area contributed by atoms with Crippen molar-refractivity contribution >= 4 is 11.7 Å². The first kappa shape index (κ1) is 16.8. The summed E-state index contributed by atoms with van der Waals surface area (Å²) in [7, 11) is 1.62. The van der Waals surface area contributed by atoms with E-state index in [1.807, 2.05) is 31.2 Å². The quantitative estimate of drug-likeness (QED) is 0.307. The van der Waals surface area contributed by atoms with Gasteiger partial charge in [0.2, 0.25) is 5.91 Å². The van der Waals surface area contributed by atoms with Gasteiger partial charge in [0.25, 0.3) is 0 Å². The van der Waals surface area contributed by atoms with Crippen LogP contribution in [-0.2, 0) is 11.2 Å². The molecule has 4 N–H and O–H groups in total. The molecule has 0 spiro atoms. The van der Waals surface area contributed by atoms with Gasteiger partial charge in [0.05, 0.1) is 7.11 Å². The maximum absolute atomic E-state index is 12.2. The van der Waals surface area contributed by atoms with E-state index in [1.54, 1.807) is 14.0 Å². The number of ether oxygens (including phenoxy) is 1. The Hall–Kier alpha value is -2.24. The number of hydrogen-bond acceptors (Lipinski definition) is 4. The molecule has 0 saturated heterocycles. The monoisotopic (exact) mass is 293 g/mol. The molecule has 0 fully saturated rings. The molecule has 0 radical (unpaired) electrons. The second-order valence-corrected chi connectivity index (χ2v) is 4.99. The number of amidine groups is 1. The third-order valence-electron chi connectivity index (χ3n) is 3.75. The minimum Gasteiger partial charge on any atom is -0.496 e. The van der Waals surface area contributed by atoms with Gasteiger partial charge in [0, 0.05) is 6.54 Å². The second kappa shape index (κ2) is 7.52. The zero-order valence-corrected chi connectivity index (χ0v) is 12.7. The van der Waals surface area contributed by atoms with Crippen LogP contribution in [0.4, 0.5) is 0 Å². The van der Waals surface area contributed by atoms with Crippen molar-refractivity contribution in [3.63, 3.8) is 0 Å². The predicted octanol–water partition coefficient (Wildman–Crippen LogP) is 1.52. The number of methoxy groups -OCH3 is 1. The van der Waals surface area contributed by atoms with Gasteiger partial charge in [-0.3, -0.25) is 4.79 Å². The van der Waals surface area contributed by atoms with Crippen molar-refractivity contribution in [2.24, 2.45) is 16.3 Å². The molecule has 116 valence electrons. The summed E-state index contributed by atoms with van der Waals surface area (Å²) in [6.45, 7) is 3.92. The molecule has 1 unspecified atom stereocenters. The number of nitrogens with zero attached hydrogens (tertiary/aromatic N) is 1. The normalized spacial score (nSPS) is 14.3. The number of nitrogens with one attached hydrogen (secondary N) is 1. The van der Waals surface area contributed by atoms with Crippen molar-refractivity contribution in [3.05, 3.63) is 29.8 Å². The first-order valence-corrected chi connectivity index (χ1v) is 6.87. The zero-order valence-electron chi connectivity index (χ0n) is 12.7. The average molecular weight is 293 g/mol. The summed E-state index contributed by atoms with van der Waals surface area (Å²) in [5.41, 5.74) is 5.62. The maximum atomic E-state index is 12.2. The fraction of sp³-hybridized carbons (Fsp3) is 0.467. The van der Waals surface area contributed by atoms with Gasteiger partial charge in [-0.1, -0.05) is 30.3 Å². The largest absolute Gasteiger partial charge is 0.496 e. The Balaban J connectivity index is 2.65. The van der Waals surface area contributed by atoms with E-state index in [9.17, 15) is 4.79 Å². The Labute approximate surface area is 125 Å². The lowest BCUT2D eigenvalue weighted by atomic mass is 9.85. The van der Waals surface area contributed by atoms with Crippen molar-refractivity contribution < 1.29 is 14.7 Å². The van der Waals surface area contributed by atoms with Crippen LogP contribution in [0.5, 0.6) is 5.75 Å². The van der Waals surface area contributed by atoms with Crippen LogP contribution < -0.4 is 15.8 Å². The van der Waals surface area contributed by atoms with Gasteiger partial charge < -0.3 is 21.0 Å². The van der Waals surface area contributed by atoms with Crippen molar-refractivity contribution in [3.8, 4) is 5.75 Å². The number of oxime groups is 1. The lowest BCUT2D eigenvalue weighted by Crippen LogP contribution is -2.48. The minimum absolute atomic E-state index is 0.0835. The van der Waals surface area contributed by atoms with Gasteiger partial charge in [-0.2, -0.15) is 0 Å². The molecule has 0 aliphatic carbocycles. The van der Waals surface area contributed by atoms with E-state index in [0.29, 0.717) is 19.4 Å². The highest BCUT2D eigenvalue weighted by molar-refractivity contribution is 6.06. The van der Waals surface area contributed by atoms with Crippen LogP contribution in [0, 0.1) is 5.41 Å². The first-order chi connectivity index (χ1) is 9.99. The minimum atomic E-state index is -1.00. The van der Waals surface area contributed by atoms with Crippen LogP contribution in [0.25, 0.3) is 0 Å².